The predicted octanol–water partition coefficient (Wildman–Crippen LogP) is 1.01. The van der Waals surface area contributed by atoms with E-state index in [-0.39, 0.29) is 25.9 Å². The van der Waals surface area contributed by atoms with Gasteiger partial charge in [-0.1, -0.05) is 18.2 Å². The Morgan fingerprint density at radius 3 is 2.61 bits per heavy atom. The van der Waals surface area contributed by atoms with E-state index in [9.17, 15) is 19.5 Å². The monoisotopic (exact) mass is 318 g/mol. The van der Waals surface area contributed by atoms with Crippen molar-refractivity contribution < 1.29 is 24.2 Å². The molecule has 1 aromatic carbocycles. The summed E-state index contributed by atoms with van der Waals surface area (Å²) >= 11 is 0. The van der Waals surface area contributed by atoms with Gasteiger partial charge in [-0.15, -0.1) is 0 Å². The van der Waals surface area contributed by atoms with Crippen molar-refractivity contribution in [1.29, 1.82) is 5.26 Å². The van der Waals surface area contributed by atoms with Crippen molar-refractivity contribution >= 4 is 17.8 Å². The quantitative estimate of drug-likeness (QED) is 0.691. The van der Waals surface area contributed by atoms with Crippen molar-refractivity contribution in [3.05, 3.63) is 35.4 Å². The number of aliphatic carboxylic acids is 1. The number of carbonyl (C=O) groups is 3. The molecule has 1 amide bonds. The number of amides is 1. The summed E-state index contributed by atoms with van der Waals surface area (Å²) in [5, 5.41) is 20.6. The van der Waals surface area contributed by atoms with Crippen LogP contribution in [0.5, 0.6) is 0 Å². The normalized spacial score (nSPS) is 11.1. The lowest BCUT2D eigenvalue weighted by Gasteiger charge is -2.15. The Morgan fingerprint density at radius 2 is 2.00 bits per heavy atom. The van der Waals surface area contributed by atoms with Crippen LogP contribution in [0, 0.1) is 11.3 Å². The van der Waals surface area contributed by atoms with Crippen LogP contribution < -0.4 is 5.32 Å². The predicted molar refractivity (Wildman–Crippen MR) is 80.3 cm³/mol. The van der Waals surface area contributed by atoms with E-state index in [1.54, 1.807) is 31.2 Å². The number of nitriles is 1. The number of nitrogens with one attached hydrogen (secondary N) is 1. The fraction of sp³-hybridized carbons (Fsp3) is 0.375. The van der Waals surface area contributed by atoms with E-state index in [4.69, 9.17) is 10.00 Å². The van der Waals surface area contributed by atoms with Gasteiger partial charge in [0.2, 0.25) is 5.91 Å². The molecule has 7 nitrogen and oxygen atoms in total. The van der Waals surface area contributed by atoms with Gasteiger partial charge in [0.25, 0.3) is 0 Å². The van der Waals surface area contributed by atoms with E-state index in [1.807, 2.05) is 6.07 Å². The molecule has 0 bridgehead atoms. The number of nitrogens with zero attached hydrogens (tertiary/aromatic N) is 1. The van der Waals surface area contributed by atoms with Gasteiger partial charge in [-0.25, -0.2) is 4.79 Å². The number of benzene rings is 1. The fourth-order valence-corrected chi connectivity index (χ4v) is 1.94. The van der Waals surface area contributed by atoms with Crippen molar-refractivity contribution in [1.82, 2.24) is 5.32 Å². The van der Waals surface area contributed by atoms with Crippen molar-refractivity contribution in [3.63, 3.8) is 0 Å². The van der Waals surface area contributed by atoms with Crippen molar-refractivity contribution in [3.8, 4) is 6.07 Å². The molecule has 0 unspecified atom stereocenters. The summed E-state index contributed by atoms with van der Waals surface area (Å²) in [7, 11) is 0. The van der Waals surface area contributed by atoms with Gasteiger partial charge in [-0.05, 0) is 18.6 Å². The average Bonchev–Trinajstić information content (AvgIpc) is 2.53. The molecule has 0 saturated heterocycles. The lowest BCUT2D eigenvalue weighted by Crippen LogP contribution is -2.42. The smallest absolute Gasteiger partial charge is 0.326 e. The molecule has 0 spiro atoms. The highest BCUT2D eigenvalue weighted by molar-refractivity contribution is 5.86. The van der Waals surface area contributed by atoms with E-state index in [0.29, 0.717) is 11.1 Å². The van der Waals surface area contributed by atoms with Gasteiger partial charge in [-0.3, -0.25) is 9.59 Å². The molecule has 0 aliphatic carbocycles. The second kappa shape index (κ2) is 9.20. The van der Waals surface area contributed by atoms with Crippen LogP contribution in [0.2, 0.25) is 0 Å². The number of hydrogen-bond donors (Lipinski definition) is 2. The summed E-state index contributed by atoms with van der Waals surface area (Å²) in [6.45, 7) is 1.88. The van der Waals surface area contributed by atoms with Crippen molar-refractivity contribution in [2.75, 3.05) is 6.61 Å². The molecule has 122 valence electrons. The first-order valence-electron chi connectivity index (χ1n) is 7.13. The van der Waals surface area contributed by atoms with Gasteiger partial charge in [0.1, 0.15) is 6.04 Å². The molecule has 0 heterocycles. The molecule has 0 fully saturated rings. The Hall–Kier alpha value is -2.88. The minimum absolute atomic E-state index is 0.00971. The van der Waals surface area contributed by atoms with Crippen LogP contribution in [0.3, 0.4) is 0 Å². The first-order chi connectivity index (χ1) is 11.0. The minimum Gasteiger partial charge on any atom is -0.480 e. The van der Waals surface area contributed by atoms with E-state index >= 15 is 0 Å². The molecular weight excluding hydrogens is 300 g/mol. The second-order valence-corrected chi connectivity index (χ2v) is 4.74. The third-order valence-corrected chi connectivity index (χ3v) is 3.06. The standard InChI is InChI=1S/C16H18N2O5/c1-2-23-15(20)8-7-14(19)18-13(16(21)22)9-11-5-3-4-6-12(11)10-17/h3-6,13H,2,7-9H2,1H3,(H,18,19)(H,21,22)/t13-/m0/s1. The summed E-state index contributed by atoms with van der Waals surface area (Å²) in [6, 6.07) is 7.40. The summed E-state index contributed by atoms with van der Waals surface area (Å²) < 4.78 is 4.70. The van der Waals surface area contributed by atoms with Gasteiger partial charge < -0.3 is 15.2 Å². The maximum Gasteiger partial charge on any atom is 0.326 e. The van der Waals surface area contributed by atoms with Gasteiger partial charge in [0.05, 0.1) is 24.7 Å². The topological polar surface area (TPSA) is 116 Å². The molecule has 0 aliphatic heterocycles. The average molecular weight is 318 g/mol. The molecule has 1 aromatic rings. The molecule has 2 N–H and O–H groups in total. The highest BCUT2D eigenvalue weighted by atomic mass is 16.5. The number of carboxylic acid groups (broad SMARTS) is 1. The zero-order valence-electron chi connectivity index (χ0n) is 12.7. The number of ether oxygens (including phenoxy) is 1. The van der Waals surface area contributed by atoms with Gasteiger partial charge in [-0.2, -0.15) is 5.26 Å². The fourth-order valence-electron chi connectivity index (χ4n) is 1.94. The highest BCUT2D eigenvalue weighted by Crippen LogP contribution is 2.10. The van der Waals surface area contributed by atoms with E-state index < -0.39 is 23.9 Å². The molecule has 1 atom stereocenters. The Balaban J connectivity index is 2.65. The molecular formula is C16H18N2O5. The molecule has 0 saturated carbocycles. The van der Waals surface area contributed by atoms with Crippen molar-refractivity contribution in [2.24, 2.45) is 0 Å². The zero-order chi connectivity index (χ0) is 17.2. The Labute approximate surface area is 133 Å². The van der Waals surface area contributed by atoms with Crippen molar-refractivity contribution in [2.45, 2.75) is 32.2 Å². The molecule has 0 aliphatic rings. The zero-order valence-corrected chi connectivity index (χ0v) is 12.7. The Kier molecular flexibility index (Phi) is 7.27. The van der Waals surface area contributed by atoms with E-state index in [0.717, 1.165) is 0 Å². The van der Waals surface area contributed by atoms with E-state index in [2.05, 4.69) is 5.32 Å². The van der Waals surface area contributed by atoms with Crippen LogP contribution in [-0.4, -0.2) is 35.6 Å². The summed E-state index contributed by atoms with van der Waals surface area (Å²) in [4.78, 5) is 34.2. The maximum atomic E-state index is 11.8. The van der Waals surface area contributed by atoms with Gasteiger partial charge >= 0.3 is 11.9 Å². The van der Waals surface area contributed by atoms with Gasteiger partial charge in [0.15, 0.2) is 0 Å². The summed E-state index contributed by atoms with van der Waals surface area (Å²) in [5.74, 6) is -2.27. The van der Waals surface area contributed by atoms with Crippen LogP contribution in [0.4, 0.5) is 0 Å². The Bertz CT molecular complexity index is 621. The lowest BCUT2D eigenvalue weighted by atomic mass is 10.0. The summed E-state index contributed by atoms with van der Waals surface area (Å²) in [6.07, 6.45) is -0.270. The SMILES string of the molecule is CCOC(=O)CCC(=O)N[C@@H](Cc1ccccc1C#N)C(=O)O. The van der Waals surface area contributed by atoms with Crippen LogP contribution in [0.1, 0.15) is 30.9 Å². The van der Waals surface area contributed by atoms with Crippen LogP contribution in [0.15, 0.2) is 24.3 Å². The van der Waals surface area contributed by atoms with Crippen LogP contribution >= 0.6 is 0 Å². The number of hydrogen-bond acceptors (Lipinski definition) is 5. The highest BCUT2D eigenvalue weighted by Gasteiger charge is 2.22. The number of carbonyl (C=O) groups excluding carboxylic acids is 2. The molecule has 1 rings (SSSR count). The first-order valence-corrected chi connectivity index (χ1v) is 7.13. The Morgan fingerprint density at radius 1 is 1.30 bits per heavy atom. The minimum atomic E-state index is -1.21. The summed E-state index contributed by atoms with van der Waals surface area (Å²) in [5.41, 5.74) is 0.896. The molecule has 0 radical (unpaired) electrons. The molecule has 0 aromatic heterocycles. The van der Waals surface area contributed by atoms with Crippen LogP contribution in [0.25, 0.3) is 0 Å². The third-order valence-electron chi connectivity index (χ3n) is 3.06. The first kappa shape index (κ1) is 18.2. The third kappa shape index (κ3) is 6.18. The number of carboxylic acids is 1. The van der Waals surface area contributed by atoms with Crippen LogP contribution in [-0.2, 0) is 25.5 Å². The maximum absolute atomic E-state index is 11.8. The molecule has 7 heteroatoms. The largest absolute Gasteiger partial charge is 0.480 e. The molecule has 23 heavy (non-hydrogen) atoms. The lowest BCUT2D eigenvalue weighted by molar-refractivity contribution is -0.144. The van der Waals surface area contributed by atoms with Gasteiger partial charge in [0, 0.05) is 12.8 Å². The van der Waals surface area contributed by atoms with E-state index in [1.165, 1.54) is 0 Å². The number of rotatable bonds is 8. The number of esters is 1. The second-order valence-electron chi connectivity index (χ2n) is 4.74.